The molecule has 0 fully saturated rings. The van der Waals surface area contributed by atoms with Gasteiger partial charge in [-0.05, 0) is 36.5 Å². The van der Waals surface area contributed by atoms with E-state index < -0.39 is 0 Å². The molecule has 0 spiro atoms. The van der Waals surface area contributed by atoms with Crippen LogP contribution in [0.2, 0.25) is 0 Å². The molecule has 1 atom stereocenters. The molecule has 0 heterocycles. The van der Waals surface area contributed by atoms with E-state index >= 15 is 0 Å². The summed E-state index contributed by atoms with van der Waals surface area (Å²) in [5.74, 6) is 2.09. The molecule has 0 aromatic heterocycles. The van der Waals surface area contributed by atoms with Crippen LogP contribution in [0.25, 0.3) is 0 Å². The van der Waals surface area contributed by atoms with E-state index in [2.05, 4.69) is 29.8 Å². The highest BCUT2D eigenvalue weighted by molar-refractivity contribution is 9.10. The average molecular weight is 316 g/mol. The number of hydrogen-bond acceptors (Lipinski definition) is 3. The van der Waals surface area contributed by atoms with E-state index in [1.165, 1.54) is 0 Å². The molecule has 0 unspecified atom stereocenters. The Labute approximate surface area is 118 Å². The fourth-order valence-corrected chi connectivity index (χ4v) is 2.44. The lowest BCUT2D eigenvalue weighted by Crippen LogP contribution is -2.12. The van der Waals surface area contributed by atoms with Gasteiger partial charge in [0.15, 0.2) is 11.5 Å². The molecule has 1 aromatic rings. The Bertz CT molecular complexity index is 394. The predicted molar refractivity (Wildman–Crippen MR) is 78.2 cm³/mol. The van der Waals surface area contributed by atoms with Crippen molar-refractivity contribution in [3.05, 3.63) is 22.2 Å². The molecule has 102 valence electrons. The van der Waals surface area contributed by atoms with Gasteiger partial charge >= 0.3 is 0 Å². The van der Waals surface area contributed by atoms with Crippen LogP contribution in [0, 0.1) is 5.92 Å². The Hall–Kier alpha value is -0.740. The van der Waals surface area contributed by atoms with Crippen molar-refractivity contribution in [3.63, 3.8) is 0 Å². The Morgan fingerprint density at radius 1 is 1.11 bits per heavy atom. The van der Waals surface area contributed by atoms with E-state index in [-0.39, 0.29) is 6.04 Å². The van der Waals surface area contributed by atoms with Gasteiger partial charge in [0.1, 0.15) is 0 Å². The summed E-state index contributed by atoms with van der Waals surface area (Å²) in [5.41, 5.74) is 7.30. The van der Waals surface area contributed by atoms with Gasteiger partial charge in [-0.15, -0.1) is 0 Å². The molecule has 1 rings (SSSR count). The SMILES string of the molecule is COc1cc(Br)c([C@@H](N)CCC(C)C)cc1OC. The first-order valence-electron chi connectivity index (χ1n) is 6.16. The van der Waals surface area contributed by atoms with Crippen molar-refractivity contribution in [1.82, 2.24) is 0 Å². The molecule has 1 aromatic carbocycles. The van der Waals surface area contributed by atoms with E-state index in [1.54, 1.807) is 14.2 Å². The van der Waals surface area contributed by atoms with Crippen LogP contribution in [0.15, 0.2) is 16.6 Å². The molecule has 0 aliphatic carbocycles. The summed E-state index contributed by atoms with van der Waals surface area (Å²) in [4.78, 5) is 0. The fraction of sp³-hybridized carbons (Fsp3) is 0.571. The van der Waals surface area contributed by atoms with E-state index in [0.29, 0.717) is 11.7 Å². The quantitative estimate of drug-likeness (QED) is 0.865. The summed E-state index contributed by atoms with van der Waals surface area (Å²) < 4.78 is 11.5. The van der Waals surface area contributed by atoms with Gasteiger partial charge in [-0.3, -0.25) is 0 Å². The van der Waals surface area contributed by atoms with Crippen LogP contribution in [0.1, 0.15) is 38.3 Å². The van der Waals surface area contributed by atoms with Crippen LogP contribution in [0.3, 0.4) is 0 Å². The highest BCUT2D eigenvalue weighted by Gasteiger charge is 2.15. The Morgan fingerprint density at radius 3 is 2.17 bits per heavy atom. The highest BCUT2D eigenvalue weighted by Crippen LogP contribution is 2.36. The topological polar surface area (TPSA) is 44.5 Å². The van der Waals surface area contributed by atoms with Crippen LogP contribution in [0.5, 0.6) is 11.5 Å². The van der Waals surface area contributed by atoms with Gasteiger partial charge in [-0.1, -0.05) is 29.8 Å². The standard InChI is InChI=1S/C14H22BrNO2/c1-9(2)5-6-12(16)10-7-13(17-3)14(18-4)8-11(10)15/h7-9,12H,5-6,16H2,1-4H3/t12-/m0/s1. The minimum absolute atomic E-state index is 0.0154. The zero-order valence-corrected chi connectivity index (χ0v) is 13.1. The average Bonchev–Trinajstić information content (AvgIpc) is 2.35. The number of methoxy groups -OCH3 is 2. The first-order chi connectivity index (χ1) is 8.49. The number of nitrogens with two attached hydrogens (primary N) is 1. The number of rotatable bonds is 6. The number of ether oxygens (including phenoxy) is 2. The maximum Gasteiger partial charge on any atom is 0.161 e. The summed E-state index contributed by atoms with van der Waals surface area (Å²) in [6.07, 6.45) is 2.08. The van der Waals surface area contributed by atoms with E-state index in [1.807, 2.05) is 12.1 Å². The van der Waals surface area contributed by atoms with Gasteiger partial charge in [0.05, 0.1) is 14.2 Å². The number of benzene rings is 1. The van der Waals surface area contributed by atoms with Crippen molar-refractivity contribution in [3.8, 4) is 11.5 Å². The molecule has 0 aliphatic heterocycles. The summed E-state index contributed by atoms with van der Waals surface area (Å²) in [6.45, 7) is 4.41. The van der Waals surface area contributed by atoms with Gasteiger partial charge in [-0.25, -0.2) is 0 Å². The monoisotopic (exact) mass is 315 g/mol. The van der Waals surface area contributed by atoms with Crippen molar-refractivity contribution in [2.24, 2.45) is 11.7 Å². The van der Waals surface area contributed by atoms with E-state index in [4.69, 9.17) is 15.2 Å². The molecule has 0 saturated heterocycles. The second kappa shape index (κ2) is 7.00. The van der Waals surface area contributed by atoms with Crippen LogP contribution >= 0.6 is 15.9 Å². The van der Waals surface area contributed by atoms with E-state index in [9.17, 15) is 0 Å². The Morgan fingerprint density at radius 2 is 1.67 bits per heavy atom. The molecule has 4 heteroatoms. The van der Waals surface area contributed by atoms with Gasteiger partial charge in [0.25, 0.3) is 0 Å². The van der Waals surface area contributed by atoms with Crippen molar-refractivity contribution in [2.75, 3.05) is 14.2 Å². The third-order valence-corrected chi connectivity index (χ3v) is 3.64. The summed E-state index contributed by atoms with van der Waals surface area (Å²) in [7, 11) is 3.26. The summed E-state index contributed by atoms with van der Waals surface area (Å²) in [6, 6.07) is 3.87. The zero-order chi connectivity index (χ0) is 13.7. The lowest BCUT2D eigenvalue weighted by Gasteiger charge is -2.17. The second-order valence-corrected chi connectivity index (χ2v) is 5.66. The molecule has 2 N–H and O–H groups in total. The summed E-state index contributed by atoms with van der Waals surface area (Å²) in [5, 5.41) is 0. The van der Waals surface area contributed by atoms with Gasteiger partial charge in [-0.2, -0.15) is 0 Å². The Balaban J connectivity index is 2.94. The third-order valence-electron chi connectivity index (χ3n) is 2.96. The normalized spacial score (nSPS) is 12.6. The summed E-state index contributed by atoms with van der Waals surface area (Å²) >= 11 is 3.54. The molecule has 18 heavy (non-hydrogen) atoms. The molecule has 0 amide bonds. The maximum atomic E-state index is 6.23. The molecule has 3 nitrogen and oxygen atoms in total. The van der Waals surface area contributed by atoms with Crippen LogP contribution in [0.4, 0.5) is 0 Å². The Kier molecular flexibility index (Phi) is 5.96. The first-order valence-corrected chi connectivity index (χ1v) is 6.95. The minimum Gasteiger partial charge on any atom is -0.493 e. The molecular weight excluding hydrogens is 294 g/mol. The first kappa shape index (κ1) is 15.3. The van der Waals surface area contributed by atoms with Gasteiger partial charge in [0, 0.05) is 10.5 Å². The zero-order valence-electron chi connectivity index (χ0n) is 11.5. The van der Waals surface area contributed by atoms with Crippen LogP contribution in [-0.2, 0) is 0 Å². The fourth-order valence-electron chi connectivity index (χ4n) is 1.82. The second-order valence-electron chi connectivity index (χ2n) is 4.81. The lowest BCUT2D eigenvalue weighted by atomic mass is 9.98. The predicted octanol–water partition coefficient (Wildman–Crippen LogP) is 3.90. The molecule has 0 radical (unpaired) electrons. The van der Waals surface area contributed by atoms with Crippen molar-refractivity contribution < 1.29 is 9.47 Å². The molecule has 0 saturated carbocycles. The van der Waals surface area contributed by atoms with Crippen molar-refractivity contribution in [1.29, 1.82) is 0 Å². The van der Waals surface area contributed by atoms with Gasteiger partial charge < -0.3 is 15.2 Å². The number of hydrogen-bond donors (Lipinski definition) is 1. The highest BCUT2D eigenvalue weighted by atomic mass is 79.9. The molecule has 0 aliphatic rings. The lowest BCUT2D eigenvalue weighted by molar-refractivity contribution is 0.353. The van der Waals surface area contributed by atoms with Gasteiger partial charge in [0.2, 0.25) is 0 Å². The van der Waals surface area contributed by atoms with Crippen LogP contribution in [-0.4, -0.2) is 14.2 Å². The largest absolute Gasteiger partial charge is 0.493 e. The minimum atomic E-state index is 0.0154. The molecule has 0 bridgehead atoms. The van der Waals surface area contributed by atoms with Crippen LogP contribution < -0.4 is 15.2 Å². The maximum absolute atomic E-state index is 6.23. The molecular formula is C14H22BrNO2. The third kappa shape index (κ3) is 3.89. The van der Waals surface area contributed by atoms with Crippen molar-refractivity contribution >= 4 is 15.9 Å². The number of halogens is 1. The van der Waals surface area contributed by atoms with Crippen molar-refractivity contribution in [2.45, 2.75) is 32.7 Å². The smallest absolute Gasteiger partial charge is 0.161 e. The van der Waals surface area contributed by atoms with E-state index in [0.717, 1.165) is 28.6 Å².